The topological polar surface area (TPSA) is 39.1 Å². The summed E-state index contributed by atoms with van der Waals surface area (Å²) in [6.45, 7) is 2.82. The fourth-order valence-electron chi connectivity index (χ4n) is 2.48. The van der Waals surface area contributed by atoms with Gasteiger partial charge in [0.1, 0.15) is 0 Å². The van der Waals surface area contributed by atoms with E-state index in [9.17, 15) is 0 Å². The lowest BCUT2D eigenvalue weighted by Gasteiger charge is -2.22. The van der Waals surface area contributed by atoms with Gasteiger partial charge in [-0.25, -0.2) is 4.98 Å². The van der Waals surface area contributed by atoms with Gasteiger partial charge in [-0.05, 0) is 32.1 Å². The van der Waals surface area contributed by atoms with Crippen molar-refractivity contribution in [1.29, 1.82) is 0 Å². The number of nitrogens with zero attached hydrogens (tertiary/aromatic N) is 2. The van der Waals surface area contributed by atoms with Gasteiger partial charge in [0.15, 0.2) is 0 Å². The quantitative estimate of drug-likeness (QED) is 0.847. The van der Waals surface area contributed by atoms with Crippen LogP contribution in [0, 0.1) is 0 Å². The second-order valence-corrected chi connectivity index (χ2v) is 5.14. The van der Waals surface area contributed by atoms with Crippen LogP contribution in [0.4, 0.5) is 0 Å². The standard InChI is InChI=1S/C13H21N3O/c1-2-6-17-13(3-1)9-14-7-12-8-15-10-16(12)11-4-5-11/h8,10-11,13-14H,1-7,9H2. The lowest BCUT2D eigenvalue weighted by Crippen LogP contribution is -2.31. The van der Waals surface area contributed by atoms with Crippen LogP contribution in [-0.2, 0) is 11.3 Å². The van der Waals surface area contributed by atoms with Crippen LogP contribution in [0.3, 0.4) is 0 Å². The molecule has 1 N–H and O–H groups in total. The van der Waals surface area contributed by atoms with E-state index >= 15 is 0 Å². The number of aromatic nitrogens is 2. The zero-order chi connectivity index (χ0) is 11.5. The monoisotopic (exact) mass is 235 g/mol. The summed E-state index contributed by atoms with van der Waals surface area (Å²) in [5.41, 5.74) is 1.31. The Bertz CT molecular complexity index is 353. The van der Waals surface area contributed by atoms with Gasteiger partial charge >= 0.3 is 0 Å². The molecule has 4 heteroatoms. The number of hydrogen-bond donors (Lipinski definition) is 1. The molecule has 0 spiro atoms. The molecular formula is C13H21N3O. The molecule has 0 amide bonds. The van der Waals surface area contributed by atoms with Crippen molar-refractivity contribution in [3.8, 4) is 0 Å². The average molecular weight is 235 g/mol. The first-order chi connectivity index (χ1) is 8.43. The first-order valence-corrected chi connectivity index (χ1v) is 6.76. The maximum absolute atomic E-state index is 5.70. The molecule has 1 saturated carbocycles. The summed E-state index contributed by atoms with van der Waals surface area (Å²) < 4.78 is 8.02. The van der Waals surface area contributed by atoms with Crippen LogP contribution >= 0.6 is 0 Å². The van der Waals surface area contributed by atoms with Crippen molar-refractivity contribution in [1.82, 2.24) is 14.9 Å². The van der Waals surface area contributed by atoms with Crippen LogP contribution in [0.2, 0.25) is 0 Å². The maximum atomic E-state index is 5.70. The van der Waals surface area contributed by atoms with Crippen molar-refractivity contribution in [3.63, 3.8) is 0 Å². The van der Waals surface area contributed by atoms with Crippen molar-refractivity contribution in [2.45, 2.75) is 50.8 Å². The number of hydrogen-bond acceptors (Lipinski definition) is 3. The summed E-state index contributed by atoms with van der Waals surface area (Å²) in [5, 5.41) is 3.49. The summed E-state index contributed by atoms with van der Waals surface area (Å²) in [6, 6.07) is 0.722. The molecule has 2 heterocycles. The van der Waals surface area contributed by atoms with Crippen LogP contribution in [0.1, 0.15) is 43.8 Å². The summed E-state index contributed by atoms with van der Waals surface area (Å²) in [7, 11) is 0. The molecule has 1 saturated heterocycles. The van der Waals surface area contributed by atoms with E-state index in [0.717, 1.165) is 25.7 Å². The highest BCUT2D eigenvalue weighted by Gasteiger charge is 2.25. The molecule has 2 fully saturated rings. The minimum atomic E-state index is 0.418. The number of imidazole rings is 1. The molecule has 1 unspecified atom stereocenters. The summed E-state index contributed by atoms with van der Waals surface area (Å²) in [4.78, 5) is 4.24. The van der Waals surface area contributed by atoms with Gasteiger partial charge in [0, 0.05) is 31.9 Å². The fraction of sp³-hybridized carbons (Fsp3) is 0.769. The van der Waals surface area contributed by atoms with Gasteiger partial charge in [0.25, 0.3) is 0 Å². The van der Waals surface area contributed by atoms with E-state index in [1.807, 2.05) is 12.5 Å². The van der Waals surface area contributed by atoms with Gasteiger partial charge in [-0.2, -0.15) is 0 Å². The van der Waals surface area contributed by atoms with Crippen LogP contribution in [-0.4, -0.2) is 28.8 Å². The van der Waals surface area contributed by atoms with Gasteiger partial charge in [0.05, 0.1) is 18.1 Å². The highest BCUT2D eigenvalue weighted by atomic mass is 16.5. The Morgan fingerprint density at radius 1 is 1.35 bits per heavy atom. The van der Waals surface area contributed by atoms with Gasteiger partial charge in [-0.15, -0.1) is 0 Å². The highest BCUT2D eigenvalue weighted by Crippen LogP contribution is 2.35. The average Bonchev–Trinajstić information content (AvgIpc) is 3.11. The smallest absolute Gasteiger partial charge is 0.0951 e. The Kier molecular flexibility index (Phi) is 3.43. The van der Waals surface area contributed by atoms with E-state index in [0.29, 0.717) is 6.10 Å². The molecule has 0 aromatic carbocycles. The summed E-state index contributed by atoms with van der Waals surface area (Å²) in [6.07, 6.45) is 10.7. The molecule has 2 aliphatic rings. The second kappa shape index (κ2) is 5.19. The van der Waals surface area contributed by atoms with Gasteiger partial charge in [-0.1, -0.05) is 0 Å². The minimum Gasteiger partial charge on any atom is -0.377 e. The Morgan fingerprint density at radius 2 is 2.29 bits per heavy atom. The fourth-order valence-corrected chi connectivity index (χ4v) is 2.48. The molecule has 1 aromatic rings. The van der Waals surface area contributed by atoms with E-state index in [-0.39, 0.29) is 0 Å². The lowest BCUT2D eigenvalue weighted by molar-refractivity contribution is 0.0167. The van der Waals surface area contributed by atoms with E-state index < -0.39 is 0 Å². The Labute approximate surface area is 102 Å². The molecule has 0 radical (unpaired) electrons. The van der Waals surface area contributed by atoms with Crippen LogP contribution in [0.15, 0.2) is 12.5 Å². The Balaban J connectivity index is 1.45. The van der Waals surface area contributed by atoms with Crippen LogP contribution in [0.25, 0.3) is 0 Å². The predicted octanol–water partition coefficient (Wildman–Crippen LogP) is 1.88. The van der Waals surface area contributed by atoms with Crippen LogP contribution in [0.5, 0.6) is 0 Å². The maximum Gasteiger partial charge on any atom is 0.0951 e. The predicted molar refractivity (Wildman–Crippen MR) is 65.8 cm³/mol. The summed E-state index contributed by atoms with van der Waals surface area (Å²) >= 11 is 0. The van der Waals surface area contributed by atoms with Gasteiger partial charge in [0.2, 0.25) is 0 Å². The Morgan fingerprint density at radius 3 is 3.06 bits per heavy atom. The van der Waals surface area contributed by atoms with Crippen molar-refractivity contribution in [2.24, 2.45) is 0 Å². The zero-order valence-corrected chi connectivity index (χ0v) is 10.3. The normalized spacial score (nSPS) is 25.1. The number of nitrogens with one attached hydrogen (secondary N) is 1. The molecule has 17 heavy (non-hydrogen) atoms. The van der Waals surface area contributed by atoms with Crippen molar-refractivity contribution < 1.29 is 4.74 Å². The molecule has 3 rings (SSSR count). The van der Waals surface area contributed by atoms with Crippen molar-refractivity contribution in [3.05, 3.63) is 18.2 Å². The first kappa shape index (κ1) is 11.2. The number of ether oxygens (including phenoxy) is 1. The third kappa shape index (κ3) is 2.87. The molecular weight excluding hydrogens is 214 g/mol. The van der Waals surface area contributed by atoms with Gasteiger partial charge < -0.3 is 14.6 Å². The molecule has 1 aliphatic heterocycles. The molecule has 4 nitrogen and oxygen atoms in total. The first-order valence-electron chi connectivity index (χ1n) is 6.76. The van der Waals surface area contributed by atoms with E-state index in [2.05, 4.69) is 14.9 Å². The third-order valence-electron chi connectivity index (χ3n) is 3.64. The largest absolute Gasteiger partial charge is 0.377 e. The van der Waals surface area contributed by atoms with Crippen molar-refractivity contribution >= 4 is 0 Å². The molecule has 1 aromatic heterocycles. The van der Waals surface area contributed by atoms with Crippen LogP contribution < -0.4 is 5.32 Å². The van der Waals surface area contributed by atoms with Gasteiger partial charge in [-0.3, -0.25) is 0 Å². The lowest BCUT2D eigenvalue weighted by atomic mass is 10.1. The molecule has 94 valence electrons. The van der Waals surface area contributed by atoms with E-state index in [1.54, 1.807) is 0 Å². The second-order valence-electron chi connectivity index (χ2n) is 5.14. The van der Waals surface area contributed by atoms with E-state index in [4.69, 9.17) is 4.74 Å². The minimum absolute atomic E-state index is 0.418. The number of rotatable bonds is 5. The molecule has 0 bridgehead atoms. The van der Waals surface area contributed by atoms with E-state index in [1.165, 1.54) is 37.8 Å². The van der Waals surface area contributed by atoms with Crippen molar-refractivity contribution in [2.75, 3.05) is 13.2 Å². The summed E-state index contributed by atoms with van der Waals surface area (Å²) in [5.74, 6) is 0. The zero-order valence-electron chi connectivity index (χ0n) is 10.3. The third-order valence-corrected chi connectivity index (χ3v) is 3.64. The molecule has 1 aliphatic carbocycles. The molecule has 1 atom stereocenters. The highest BCUT2D eigenvalue weighted by molar-refractivity contribution is 5.03. The SMILES string of the molecule is c1ncn(C2CC2)c1CNCC1CCCCO1. The Hall–Kier alpha value is -0.870.